The number of aryl methyl sites for hydroxylation is 1. The number of aromatic nitrogens is 2. The molecule has 0 saturated heterocycles. The molecule has 2 amide bonds. The fourth-order valence-electron chi connectivity index (χ4n) is 4.98. The van der Waals surface area contributed by atoms with E-state index in [4.69, 9.17) is 5.10 Å². The minimum atomic E-state index is -1.01. The minimum Gasteiger partial charge on any atom is -0.351 e. The zero-order chi connectivity index (χ0) is 23.8. The molecule has 1 unspecified atom stereocenters. The Balaban J connectivity index is 1.71. The highest BCUT2D eigenvalue weighted by Gasteiger charge is 2.48. The fraction of sp³-hybridized carbons (Fsp3) is 0.593. The van der Waals surface area contributed by atoms with Crippen molar-refractivity contribution in [3.05, 3.63) is 52.8 Å². The molecule has 1 aromatic heterocycles. The number of benzene rings is 1. The first-order valence-corrected chi connectivity index (χ1v) is 12.4. The average molecular weight is 451 g/mol. The number of nitrogens with zero attached hydrogens (tertiary/aromatic N) is 3. The van der Waals surface area contributed by atoms with Crippen molar-refractivity contribution < 1.29 is 9.59 Å². The third-order valence-electron chi connectivity index (χ3n) is 7.34. The molecule has 33 heavy (non-hydrogen) atoms. The van der Waals surface area contributed by atoms with Gasteiger partial charge in [0.25, 0.3) is 5.91 Å². The summed E-state index contributed by atoms with van der Waals surface area (Å²) in [6.45, 7) is 11.0. The van der Waals surface area contributed by atoms with Crippen LogP contribution in [0.3, 0.4) is 0 Å². The van der Waals surface area contributed by atoms with Gasteiger partial charge in [0, 0.05) is 18.0 Å². The summed E-state index contributed by atoms with van der Waals surface area (Å²) in [7, 11) is 0. The van der Waals surface area contributed by atoms with Crippen molar-refractivity contribution in [2.45, 2.75) is 103 Å². The van der Waals surface area contributed by atoms with Crippen molar-refractivity contribution in [2.24, 2.45) is 0 Å². The zero-order valence-electron chi connectivity index (χ0n) is 20.8. The molecule has 6 nitrogen and oxygen atoms in total. The maximum Gasteiger partial charge on any atom is 0.273 e. The molecule has 1 fully saturated rings. The number of nitrogens with one attached hydrogen (secondary N) is 1. The summed E-state index contributed by atoms with van der Waals surface area (Å²) >= 11 is 0. The number of fused-ring (bicyclic) bond motifs is 1. The molecule has 1 aliphatic carbocycles. The summed E-state index contributed by atoms with van der Waals surface area (Å²) in [5.74, 6) is -0.208. The molecule has 4 rings (SSSR count). The maximum absolute atomic E-state index is 13.8. The van der Waals surface area contributed by atoms with Gasteiger partial charge in [-0.3, -0.25) is 14.3 Å². The lowest BCUT2D eigenvalue weighted by Crippen LogP contribution is -2.64. The quantitative estimate of drug-likeness (QED) is 0.684. The predicted octanol–water partition coefficient (Wildman–Crippen LogP) is 4.74. The SMILES string of the molecule is Cc1ccccc1CN1C(=O)c2cc(C(C)(C)C)nn2CC1(C)C(=O)NC1CCCCCC1. The fourth-order valence-corrected chi connectivity index (χ4v) is 4.98. The highest BCUT2D eigenvalue weighted by atomic mass is 16.2. The monoisotopic (exact) mass is 450 g/mol. The topological polar surface area (TPSA) is 67.2 Å². The molecule has 2 aliphatic rings. The highest BCUT2D eigenvalue weighted by molar-refractivity contribution is 5.99. The summed E-state index contributed by atoms with van der Waals surface area (Å²) in [6.07, 6.45) is 6.77. The van der Waals surface area contributed by atoms with E-state index < -0.39 is 5.54 Å². The number of hydrogen-bond acceptors (Lipinski definition) is 3. The van der Waals surface area contributed by atoms with E-state index in [0.717, 1.165) is 42.5 Å². The van der Waals surface area contributed by atoms with Gasteiger partial charge in [-0.15, -0.1) is 0 Å². The van der Waals surface area contributed by atoms with Gasteiger partial charge >= 0.3 is 0 Å². The molecular formula is C27H38N4O2. The van der Waals surface area contributed by atoms with E-state index in [2.05, 4.69) is 39.1 Å². The summed E-state index contributed by atoms with van der Waals surface area (Å²) in [5.41, 5.74) is 2.42. The molecule has 2 aromatic rings. The summed E-state index contributed by atoms with van der Waals surface area (Å²) in [6, 6.07) is 10.2. The predicted molar refractivity (Wildman–Crippen MR) is 130 cm³/mol. The maximum atomic E-state index is 13.8. The zero-order valence-corrected chi connectivity index (χ0v) is 20.8. The molecule has 1 aliphatic heterocycles. The lowest BCUT2D eigenvalue weighted by atomic mass is 9.91. The van der Waals surface area contributed by atoms with E-state index >= 15 is 0 Å². The first-order valence-electron chi connectivity index (χ1n) is 12.4. The van der Waals surface area contributed by atoms with Crippen molar-refractivity contribution >= 4 is 11.8 Å². The Morgan fingerprint density at radius 1 is 1.15 bits per heavy atom. The number of carbonyl (C=O) groups is 2. The molecule has 1 atom stereocenters. The molecule has 1 aromatic carbocycles. The van der Waals surface area contributed by atoms with E-state index in [1.54, 1.807) is 9.58 Å². The summed E-state index contributed by atoms with van der Waals surface area (Å²) < 4.78 is 1.75. The van der Waals surface area contributed by atoms with E-state index in [1.165, 1.54) is 12.8 Å². The van der Waals surface area contributed by atoms with Gasteiger partial charge in [0.2, 0.25) is 5.91 Å². The van der Waals surface area contributed by atoms with Gasteiger partial charge in [0.05, 0.1) is 12.2 Å². The second-order valence-corrected chi connectivity index (χ2v) is 11.1. The standard InChI is InChI=1S/C27H38N4O2/c1-19-12-10-11-13-20(19)17-30-24(32)22-16-23(26(2,3)4)29-31(22)18-27(30,5)25(33)28-21-14-8-6-7-9-15-21/h10-13,16,21H,6-9,14-15,17-18H2,1-5H3,(H,28,33). The van der Waals surface area contributed by atoms with Crippen LogP contribution in [0, 0.1) is 6.92 Å². The Morgan fingerprint density at radius 2 is 1.82 bits per heavy atom. The van der Waals surface area contributed by atoms with Crippen molar-refractivity contribution in [1.82, 2.24) is 20.0 Å². The van der Waals surface area contributed by atoms with E-state index in [9.17, 15) is 9.59 Å². The van der Waals surface area contributed by atoms with E-state index in [0.29, 0.717) is 18.8 Å². The Bertz CT molecular complexity index is 1030. The first-order chi connectivity index (χ1) is 15.6. The summed E-state index contributed by atoms with van der Waals surface area (Å²) in [4.78, 5) is 29.4. The van der Waals surface area contributed by atoms with Crippen LogP contribution in [0.15, 0.2) is 30.3 Å². The van der Waals surface area contributed by atoms with Crippen LogP contribution < -0.4 is 5.32 Å². The van der Waals surface area contributed by atoms with Crippen LogP contribution in [-0.2, 0) is 23.3 Å². The van der Waals surface area contributed by atoms with Gasteiger partial charge in [0.15, 0.2) is 0 Å². The number of hydrogen-bond donors (Lipinski definition) is 1. The second-order valence-electron chi connectivity index (χ2n) is 11.1. The minimum absolute atomic E-state index is 0.0743. The third kappa shape index (κ3) is 4.71. The van der Waals surface area contributed by atoms with Gasteiger partial charge in [-0.2, -0.15) is 5.10 Å². The smallest absolute Gasteiger partial charge is 0.273 e. The Hall–Kier alpha value is -2.63. The number of carbonyl (C=O) groups excluding carboxylic acids is 2. The Labute approximate surface area is 197 Å². The lowest BCUT2D eigenvalue weighted by molar-refractivity contribution is -0.134. The number of rotatable bonds is 4. The molecule has 0 bridgehead atoms. The first kappa shape index (κ1) is 23.5. The normalized spacial score (nSPS) is 22.1. The lowest BCUT2D eigenvalue weighted by Gasteiger charge is -2.44. The van der Waals surface area contributed by atoms with Gasteiger partial charge in [-0.05, 0) is 43.9 Å². The van der Waals surface area contributed by atoms with Crippen LogP contribution in [0.4, 0.5) is 0 Å². The Kier molecular flexibility index (Phi) is 6.39. The van der Waals surface area contributed by atoms with Crippen LogP contribution in [0.25, 0.3) is 0 Å². The molecule has 0 spiro atoms. The van der Waals surface area contributed by atoms with Crippen LogP contribution in [-0.4, -0.2) is 38.1 Å². The largest absolute Gasteiger partial charge is 0.351 e. The van der Waals surface area contributed by atoms with Crippen molar-refractivity contribution in [3.63, 3.8) is 0 Å². The van der Waals surface area contributed by atoms with Crippen molar-refractivity contribution in [1.29, 1.82) is 0 Å². The van der Waals surface area contributed by atoms with Crippen LogP contribution in [0.1, 0.15) is 93.5 Å². The molecule has 178 valence electrons. The van der Waals surface area contributed by atoms with Crippen molar-refractivity contribution in [3.8, 4) is 0 Å². The van der Waals surface area contributed by atoms with Gasteiger partial charge in [-0.25, -0.2) is 0 Å². The van der Waals surface area contributed by atoms with Gasteiger partial charge < -0.3 is 10.2 Å². The molecule has 0 radical (unpaired) electrons. The summed E-state index contributed by atoms with van der Waals surface area (Å²) in [5, 5.41) is 8.07. The van der Waals surface area contributed by atoms with Gasteiger partial charge in [0.1, 0.15) is 11.2 Å². The van der Waals surface area contributed by atoms with Crippen LogP contribution >= 0.6 is 0 Å². The molecular weight excluding hydrogens is 412 g/mol. The van der Waals surface area contributed by atoms with E-state index in [1.807, 2.05) is 31.2 Å². The third-order valence-corrected chi connectivity index (χ3v) is 7.34. The average Bonchev–Trinajstić information content (AvgIpc) is 3.02. The van der Waals surface area contributed by atoms with E-state index in [-0.39, 0.29) is 23.3 Å². The second kappa shape index (κ2) is 8.96. The molecule has 2 heterocycles. The Morgan fingerprint density at radius 3 is 2.45 bits per heavy atom. The molecule has 1 N–H and O–H groups in total. The highest BCUT2D eigenvalue weighted by Crippen LogP contribution is 2.32. The number of amides is 2. The van der Waals surface area contributed by atoms with Crippen LogP contribution in [0.2, 0.25) is 0 Å². The van der Waals surface area contributed by atoms with Crippen molar-refractivity contribution in [2.75, 3.05) is 0 Å². The molecule has 1 saturated carbocycles. The molecule has 6 heteroatoms. The van der Waals surface area contributed by atoms with Crippen LogP contribution in [0.5, 0.6) is 0 Å². The van der Waals surface area contributed by atoms with Gasteiger partial charge in [-0.1, -0.05) is 70.7 Å².